The third-order valence-corrected chi connectivity index (χ3v) is 9.33. The Bertz CT molecular complexity index is 1480. The van der Waals surface area contributed by atoms with Crippen LogP contribution in [-0.2, 0) is 20.8 Å². The normalized spacial score (nSPS) is 17.8. The molecule has 0 saturated heterocycles. The Balaban J connectivity index is 1.32. The van der Waals surface area contributed by atoms with Gasteiger partial charge in [0.15, 0.2) is 5.13 Å². The number of likely N-dealkylation sites (N-methyl/N-ethyl adjacent to an activating group) is 1. The molecule has 0 bridgehead atoms. The predicted molar refractivity (Wildman–Crippen MR) is 156 cm³/mol. The minimum Gasteiger partial charge on any atom is -0.481 e. The summed E-state index contributed by atoms with van der Waals surface area (Å²) in [7, 11) is 1.73. The van der Waals surface area contributed by atoms with E-state index in [9.17, 15) is 19.5 Å². The van der Waals surface area contributed by atoms with Crippen molar-refractivity contribution >= 4 is 51.7 Å². The largest absolute Gasteiger partial charge is 0.481 e. The van der Waals surface area contributed by atoms with Crippen molar-refractivity contribution < 1.29 is 19.5 Å². The number of fused-ring (bicyclic) bond motifs is 1. The first kappa shape index (κ1) is 26.9. The van der Waals surface area contributed by atoms with E-state index in [1.54, 1.807) is 23.0 Å². The molecule has 8 nitrogen and oxygen atoms in total. The van der Waals surface area contributed by atoms with Crippen molar-refractivity contribution in [2.75, 3.05) is 16.8 Å². The number of benzene rings is 1. The van der Waals surface area contributed by atoms with Crippen LogP contribution >= 0.6 is 22.9 Å². The number of carbonyl (C=O) groups excluding carboxylic acids is 2. The van der Waals surface area contributed by atoms with E-state index in [0.717, 1.165) is 60.8 Å². The summed E-state index contributed by atoms with van der Waals surface area (Å²) in [5.41, 5.74) is 4.12. The van der Waals surface area contributed by atoms with Gasteiger partial charge in [-0.25, -0.2) is 9.97 Å². The summed E-state index contributed by atoms with van der Waals surface area (Å²) in [6, 6.07) is 7.65. The number of nitrogens with zero attached hydrogens (tertiary/aromatic N) is 4. The number of carboxylic acids is 1. The minimum atomic E-state index is -0.939. The van der Waals surface area contributed by atoms with Gasteiger partial charge in [-0.15, -0.1) is 11.3 Å². The fourth-order valence-electron chi connectivity index (χ4n) is 6.05. The molecule has 2 amide bonds. The fraction of sp³-hybridized carbons (Fsp3) is 0.433. The van der Waals surface area contributed by atoms with E-state index in [1.165, 1.54) is 11.3 Å². The van der Waals surface area contributed by atoms with Crippen LogP contribution in [0.3, 0.4) is 0 Å². The molecular weight excluding hydrogens is 548 g/mol. The van der Waals surface area contributed by atoms with Crippen molar-refractivity contribution in [2.24, 2.45) is 11.8 Å². The third kappa shape index (κ3) is 5.37. The molecule has 1 aromatic carbocycles. The SMILES string of the molecule is CN1C(=O)Cc2cc(-c3ccc(Cl)cc3-c3csc(N(C(=O)[C@@H](CC(=O)O)CC4CCCC4)C4CC4)n3)cnc21. The minimum absolute atomic E-state index is 0.0130. The van der Waals surface area contributed by atoms with Crippen LogP contribution in [0.25, 0.3) is 22.4 Å². The van der Waals surface area contributed by atoms with Gasteiger partial charge in [0.1, 0.15) is 5.82 Å². The monoisotopic (exact) mass is 578 g/mol. The van der Waals surface area contributed by atoms with E-state index < -0.39 is 11.9 Å². The molecule has 0 radical (unpaired) electrons. The van der Waals surface area contributed by atoms with Crippen LogP contribution in [0.1, 0.15) is 56.9 Å². The number of halogens is 1. The molecule has 3 heterocycles. The zero-order valence-corrected chi connectivity index (χ0v) is 23.9. The van der Waals surface area contributed by atoms with Crippen molar-refractivity contribution in [3.63, 3.8) is 0 Å². The second kappa shape index (κ2) is 10.9. The number of anilines is 2. The number of pyridine rings is 1. The van der Waals surface area contributed by atoms with Crippen molar-refractivity contribution in [3.8, 4) is 22.4 Å². The Labute approximate surface area is 242 Å². The van der Waals surface area contributed by atoms with Crippen LogP contribution in [0.15, 0.2) is 35.8 Å². The summed E-state index contributed by atoms with van der Waals surface area (Å²) in [6.45, 7) is 0. The van der Waals surface area contributed by atoms with Crippen LogP contribution in [-0.4, -0.2) is 45.9 Å². The van der Waals surface area contributed by atoms with Gasteiger partial charge in [-0.3, -0.25) is 24.2 Å². The maximum absolute atomic E-state index is 13.9. The molecule has 0 spiro atoms. The lowest BCUT2D eigenvalue weighted by Gasteiger charge is -2.26. The number of thiazole rings is 1. The summed E-state index contributed by atoms with van der Waals surface area (Å²) in [4.78, 5) is 50.6. The lowest BCUT2D eigenvalue weighted by molar-refractivity contribution is -0.141. The van der Waals surface area contributed by atoms with Crippen LogP contribution in [0, 0.1) is 11.8 Å². The van der Waals surface area contributed by atoms with Gasteiger partial charge >= 0.3 is 5.97 Å². The topological polar surface area (TPSA) is 104 Å². The first-order chi connectivity index (χ1) is 19.3. The standard InChI is InChI=1S/C30H31ClN4O4S/c1-34-26(36)12-18-11-20(15-32-28(18)34)23-9-6-21(31)14-24(23)25-16-40-30(33-25)35(22-7-8-22)29(39)19(13-27(37)38)10-17-4-2-3-5-17/h6,9,11,14-17,19,22H,2-5,7-8,10,12-13H2,1H3,(H,37,38)/t19-/m1/s1. The Kier molecular flexibility index (Phi) is 7.35. The fourth-order valence-corrected chi connectivity index (χ4v) is 7.12. The van der Waals surface area contributed by atoms with Crippen molar-refractivity contribution in [1.82, 2.24) is 9.97 Å². The Hall–Kier alpha value is -3.30. The first-order valence-electron chi connectivity index (χ1n) is 13.8. The number of hydrogen-bond acceptors (Lipinski definition) is 6. The van der Waals surface area contributed by atoms with Crippen molar-refractivity contribution in [2.45, 2.75) is 63.8 Å². The highest BCUT2D eigenvalue weighted by Gasteiger charge is 2.40. The van der Waals surface area contributed by atoms with Crippen molar-refractivity contribution in [1.29, 1.82) is 0 Å². The molecule has 208 valence electrons. The van der Waals surface area contributed by atoms with E-state index in [0.29, 0.717) is 40.4 Å². The molecular formula is C30H31ClN4O4S. The Morgan fingerprint density at radius 2 is 1.95 bits per heavy atom. The average Bonchev–Trinajstić information content (AvgIpc) is 3.29. The molecule has 40 heavy (non-hydrogen) atoms. The van der Waals surface area contributed by atoms with E-state index in [1.807, 2.05) is 29.6 Å². The van der Waals surface area contributed by atoms with Crippen LogP contribution in [0.4, 0.5) is 10.9 Å². The van der Waals surface area contributed by atoms with Gasteiger partial charge in [0, 0.05) is 52.3 Å². The molecule has 0 unspecified atom stereocenters. The van der Waals surface area contributed by atoms with E-state index in [4.69, 9.17) is 16.6 Å². The third-order valence-electron chi connectivity index (χ3n) is 8.26. The number of amides is 2. The van der Waals surface area contributed by atoms with Crippen molar-refractivity contribution in [3.05, 3.63) is 46.4 Å². The number of rotatable bonds is 9. The molecule has 2 aliphatic carbocycles. The molecule has 3 aromatic rings. The van der Waals surface area contributed by atoms with Gasteiger partial charge in [-0.1, -0.05) is 43.4 Å². The quantitative estimate of drug-likeness (QED) is 0.324. The average molecular weight is 579 g/mol. The summed E-state index contributed by atoms with van der Waals surface area (Å²) in [5.74, 6) is -0.516. The van der Waals surface area contributed by atoms with Gasteiger partial charge in [0.05, 0.1) is 18.5 Å². The molecule has 1 aliphatic heterocycles. The molecule has 10 heteroatoms. The second-order valence-corrected chi connectivity index (χ2v) is 12.4. The molecule has 3 aliphatic rings. The van der Waals surface area contributed by atoms with Crippen LogP contribution in [0.2, 0.25) is 5.02 Å². The summed E-state index contributed by atoms with van der Waals surface area (Å²) >= 11 is 7.82. The number of carboxylic acid groups (broad SMARTS) is 1. The lowest BCUT2D eigenvalue weighted by atomic mass is 9.90. The van der Waals surface area contributed by atoms with E-state index in [-0.39, 0.29) is 24.3 Å². The molecule has 2 fully saturated rings. The van der Waals surface area contributed by atoms with Crippen LogP contribution in [0.5, 0.6) is 0 Å². The predicted octanol–water partition coefficient (Wildman–Crippen LogP) is 6.21. The summed E-state index contributed by atoms with van der Waals surface area (Å²) < 4.78 is 0. The van der Waals surface area contributed by atoms with Gasteiger partial charge in [0.25, 0.3) is 0 Å². The van der Waals surface area contributed by atoms with E-state index >= 15 is 0 Å². The zero-order chi connectivity index (χ0) is 28.0. The van der Waals surface area contributed by atoms with E-state index in [2.05, 4.69) is 4.98 Å². The zero-order valence-electron chi connectivity index (χ0n) is 22.3. The number of aliphatic carboxylic acids is 1. The maximum Gasteiger partial charge on any atom is 0.304 e. The molecule has 2 aromatic heterocycles. The second-order valence-electron chi connectivity index (χ2n) is 11.2. The lowest BCUT2D eigenvalue weighted by Crippen LogP contribution is -2.39. The van der Waals surface area contributed by atoms with Gasteiger partial charge in [-0.2, -0.15) is 0 Å². The van der Waals surface area contributed by atoms with Gasteiger partial charge in [0.2, 0.25) is 11.8 Å². The highest BCUT2D eigenvalue weighted by molar-refractivity contribution is 7.14. The molecule has 1 atom stereocenters. The number of carbonyl (C=O) groups is 3. The highest BCUT2D eigenvalue weighted by Crippen LogP contribution is 2.42. The number of aromatic nitrogens is 2. The molecule has 6 rings (SSSR count). The van der Waals surface area contributed by atoms with Crippen LogP contribution < -0.4 is 9.80 Å². The summed E-state index contributed by atoms with van der Waals surface area (Å²) in [6.07, 6.45) is 8.74. The van der Waals surface area contributed by atoms with Gasteiger partial charge < -0.3 is 5.11 Å². The number of hydrogen-bond donors (Lipinski definition) is 1. The highest BCUT2D eigenvalue weighted by atomic mass is 35.5. The first-order valence-corrected chi connectivity index (χ1v) is 15.1. The Morgan fingerprint density at radius 1 is 1.18 bits per heavy atom. The Morgan fingerprint density at radius 3 is 2.67 bits per heavy atom. The summed E-state index contributed by atoms with van der Waals surface area (Å²) in [5, 5.41) is 12.7. The van der Waals surface area contributed by atoms with Gasteiger partial charge in [-0.05, 0) is 48.9 Å². The smallest absolute Gasteiger partial charge is 0.304 e. The maximum atomic E-state index is 13.9. The molecule has 1 N–H and O–H groups in total. The molecule has 2 saturated carbocycles.